The molecule has 0 saturated heterocycles. The number of carbonyl (C=O) groups is 1. The predicted molar refractivity (Wildman–Crippen MR) is 88.0 cm³/mol. The lowest BCUT2D eigenvalue weighted by Crippen LogP contribution is -2.18. The molecule has 0 aliphatic rings. The molecule has 108 valence electrons. The van der Waals surface area contributed by atoms with Crippen molar-refractivity contribution in [1.29, 1.82) is 0 Å². The molecular formula is C16H12N4OS. The number of para-hydroxylation sites is 1. The van der Waals surface area contributed by atoms with Crippen molar-refractivity contribution in [2.45, 2.75) is 6.54 Å². The minimum absolute atomic E-state index is 0.0816. The number of anilines is 1. The van der Waals surface area contributed by atoms with Crippen molar-refractivity contribution in [3.05, 3.63) is 54.7 Å². The van der Waals surface area contributed by atoms with Crippen molar-refractivity contribution in [1.82, 2.24) is 13.3 Å². The smallest absolute Gasteiger partial charge is 0.244 e. The normalized spacial score (nSPS) is 11.1. The molecule has 0 spiro atoms. The van der Waals surface area contributed by atoms with E-state index >= 15 is 0 Å². The van der Waals surface area contributed by atoms with Crippen LogP contribution in [-0.2, 0) is 11.3 Å². The van der Waals surface area contributed by atoms with Crippen molar-refractivity contribution in [3.63, 3.8) is 0 Å². The molecule has 5 nitrogen and oxygen atoms in total. The zero-order valence-electron chi connectivity index (χ0n) is 11.6. The van der Waals surface area contributed by atoms with Crippen LogP contribution in [0, 0.1) is 0 Å². The van der Waals surface area contributed by atoms with Crippen LogP contribution < -0.4 is 5.32 Å². The van der Waals surface area contributed by atoms with Crippen LogP contribution in [0.15, 0.2) is 54.7 Å². The molecule has 4 aromatic rings. The van der Waals surface area contributed by atoms with Gasteiger partial charge in [0.25, 0.3) is 0 Å². The SMILES string of the molecule is O=C(Cn1ccc2ccccc21)Nc1cccc2nsnc12. The van der Waals surface area contributed by atoms with E-state index < -0.39 is 0 Å². The van der Waals surface area contributed by atoms with Crippen LogP contribution in [0.1, 0.15) is 0 Å². The van der Waals surface area contributed by atoms with Gasteiger partial charge in [0.15, 0.2) is 0 Å². The molecule has 0 atom stereocenters. The second-order valence-corrected chi connectivity index (χ2v) is 5.52. The third kappa shape index (κ3) is 2.23. The largest absolute Gasteiger partial charge is 0.338 e. The van der Waals surface area contributed by atoms with E-state index in [-0.39, 0.29) is 12.5 Å². The first kappa shape index (κ1) is 13.0. The lowest BCUT2D eigenvalue weighted by molar-refractivity contribution is -0.116. The fourth-order valence-corrected chi connectivity index (χ4v) is 3.08. The summed E-state index contributed by atoms with van der Waals surface area (Å²) in [5.74, 6) is -0.0816. The van der Waals surface area contributed by atoms with Gasteiger partial charge in [-0.05, 0) is 29.7 Å². The second kappa shape index (κ2) is 5.23. The Hall–Kier alpha value is -2.73. The van der Waals surface area contributed by atoms with Gasteiger partial charge in [-0.3, -0.25) is 4.79 Å². The van der Waals surface area contributed by atoms with Crippen LogP contribution in [0.3, 0.4) is 0 Å². The van der Waals surface area contributed by atoms with E-state index in [0.717, 1.165) is 33.7 Å². The van der Waals surface area contributed by atoms with Gasteiger partial charge in [-0.1, -0.05) is 24.3 Å². The summed E-state index contributed by atoms with van der Waals surface area (Å²) in [6.07, 6.45) is 1.93. The Bertz CT molecular complexity index is 972. The van der Waals surface area contributed by atoms with E-state index in [1.54, 1.807) is 0 Å². The summed E-state index contributed by atoms with van der Waals surface area (Å²) in [5.41, 5.74) is 3.28. The Morgan fingerprint density at radius 1 is 1.09 bits per heavy atom. The molecule has 22 heavy (non-hydrogen) atoms. The van der Waals surface area contributed by atoms with Crippen LogP contribution in [0.5, 0.6) is 0 Å². The molecule has 0 unspecified atom stereocenters. The molecule has 1 amide bonds. The van der Waals surface area contributed by atoms with Crippen LogP contribution in [0.4, 0.5) is 5.69 Å². The molecule has 2 heterocycles. The number of amides is 1. The molecule has 0 fully saturated rings. The number of fused-ring (bicyclic) bond motifs is 2. The molecule has 6 heteroatoms. The van der Waals surface area contributed by atoms with E-state index in [0.29, 0.717) is 5.69 Å². The average Bonchev–Trinajstić information content (AvgIpc) is 3.15. The van der Waals surface area contributed by atoms with Crippen LogP contribution in [0.2, 0.25) is 0 Å². The zero-order valence-corrected chi connectivity index (χ0v) is 12.4. The van der Waals surface area contributed by atoms with E-state index in [4.69, 9.17) is 0 Å². The number of benzene rings is 2. The van der Waals surface area contributed by atoms with Gasteiger partial charge in [0, 0.05) is 11.7 Å². The predicted octanol–water partition coefficient (Wildman–Crippen LogP) is 3.28. The van der Waals surface area contributed by atoms with Gasteiger partial charge in [-0.2, -0.15) is 8.75 Å². The number of nitrogens with zero attached hydrogens (tertiary/aromatic N) is 3. The van der Waals surface area contributed by atoms with Gasteiger partial charge < -0.3 is 9.88 Å². The third-order valence-electron chi connectivity index (χ3n) is 3.55. The molecule has 1 N–H and O–H groups in total. The lowest BCUT2D eigenvalue weighted by atomic mass is 10.2. The number of aromatic nitrogens is 3. The maximum Gasteiger partial charge on any atom is 0.244 e. The van der Waals surface area contributed by atoms with Gasteiger partial charge in [-0.25, -0.2) is 0 Å². The fraction of sp³-hybridized carbons (Fsp3) is 0.0625. The first-order chi connectivity index (χ1) is 10.8. The molecule has 2 aromatic heterocycles. The third-order valence-corrected chi connectivity index (χ3v) is 4.10. The van der Waals surface area contributed by atoms with E-state index in [1.807, 2.05) is 59.3 Å². The summed E-state index contributed by atoms with van der Waals surface area (Å²) >= 11 is 1.14. The standard InChI is InChI=1S/C16H12N4OS/c21-15(10-20-9-8-11-4-1-2-7-14(11)20)17-12-5-3-6-13-16(12)19-22-18-13/h1-9H,10H2,(H,17,21). The van der Waals surface area contributed by atoms with Crippen molar-refractivity contribution in [3.8, 4) is 0 Å². The number of rotatable bonds is 3. The van der Waals surface area contributed by atoms with Crippen molar-refractivity contribution in [2.24, 2.45) is 0 Å². The molecule has 0 aliphatic heterocycles. The van der Waals surface area contributed by atoms with Crippen molar-refractivity contribution >= 4 is 45.3 Å². The average molecular weight is 308 g/mol. The summed E-state index contributed by atoms with van der Waals surface area (Å²) in [6, 6.07) is 15.6. The quantitative estimate of drug-likeness (QED) is 0.632. The minimum atomic E-state index is -0.0816. The van der Waals surface area contributed by atoms with Gasteiger partial charge >= 0.3 is 0 Å². The maximum absolute atomic E-state index is 12.3. The highest BCUT2D eigenvalue weighted by Crippen LogP contribution is 2.21. The molecule has 2 aromatic carbocycles. The Labute approximate surface area is 130 Å². The molecule has 0 radical (unpaired) electrons. The number of carbonyl (C=O) groups excluding carboxylic acids is 1. The number of hydrogen-bond acceptors (Lipinski definition) is 4. The van der Waals surface area contributed by atoms with Crippen LogP contribution in [-0.4, -0.2) is 19.2 Å². The Morgan fingerprint density at radius 2 is 2.00 bits per heavy atom. The molecule has 0 bridgehead atoms. The van der Waals surface area contributed by atoms with Gasteiger partial charge in [0.05, 0.1) is 17.4 Å². The van der Waals surface area contributed by atoms with Crippen molar-refractivity contribution in [2.75, 3.05) is 5.32 Å². The highest BCUT2D eigenvalue weighted by atomic mass is 32.1. The Balaban J connectivity index is 1.59. The summed E-state index contributed by atoms with van der Waals surface area (Å²) in [5, 5.41) is 4.04. The molecule has 0 saturated carbocycles. The number of hydrogen-bond donors (Lipinski definition) is 1. The van der Waals surface area contributed by atoms with E-state index in [9.17, 15) is 4.79 Å². The first-order valence-corrected chi connectivity index (χ1v) is 7.59. The monoisotopic (exact) mass is 308 g/mol. The Kier molecular flexibility index (Phi) is 3.08. The van der Waals surface area contributed by atoms with Gasteiger partial charge in [0.1, 0.15) is 17.6 Å². The topological polar surface area (TPSA) is 59.8 Å². The summed E-state index contributed by atoms with van der Waals surface area (Å²) in [4.78, 5) is 12.3. The maximum atomic E-state index is 12.3. The Morgan fingerprint density at radius 3 is 2.95 bits per heavy atom. The number of nitrogens with one attached hydrogen (secondary N) is 1. The summed E-state index contributed by atoms with van der Waals surface area (Å²) < 4.78 is 10.3. The molecule has 4 rings (SSSR count). The van der Waals surface area contributed by atoms with Crippen LogP contribution >= 0.6 is 11.7 Å². The highest BCUT2D eigenvalue weighted by molar-refractivity contribution is 7.00. The lowest BCUT2D eigenvalue weighted by Gasteiger charge is -2.07. The van der Waals surface area contributed by atoms with Gasteiger partial charge in [-0.15, -0.1) is 0 Å². The van der Waals surface area contributed by atoms with Crippen molar-refractivity contribution < 1.29 is 4.79 Å². The second-order valence-electron chi connectivity index (χ2n) is 4.99. The van der Waals surface area contributed by atoms with Crippen LogP contribution in [0.25, 0.3) is 21.9 Å². The summed E-state index contributed by atoms with van der Waals surface area (Å²) in [7, 11) is 0. The highest BCUT2D eigenvalue weighted by Gasteiger charge is 2.10. The zero-order chi connectivity index (χ0) is 14.9. The first-order valence-electron chi connectivity index (χ1n) is 6.86. The van der Waals surface area contributed by atoms with E-state index in [1.165, 1.54) is 0 Å². The molecule has 0 aliphatic carbocycles. The van der Waals surface area contributed by atoms with E-state index in [2.05, 4.69) is 14.1 Å². The fourth-order valence-electron chi connectivity index (χ4n) is 2.53. The minimum Gasteiger partial charge on any atom is -0.338 e. The summed E-state index contributed by atoms with van der Waals surface area (Å²) in [6.45, 7) is 0.265. The van der Waals surface area contributed by atoms with Gasteiger partial charge in [0.2, 0.25) is 5.91 Å². The molecular weight excluding hydrogens is 296 g/mol.